The highest BCUT2D eigenvalue weighted by atomic mass is 16.5. The molecule has 2 aromatic rings. The van der Waals surface area contributed by atoms with Gasteiger partial charge in [-0.1, -0.05) is 0 Å². The third-order valence-electron chi connectivity index (χ3n) is 2.45. The Hall–Kier alpha value is -2.43. The fourth-order valence-corrected chi connectivity index (χ4v) is 1.60. The second kappa shape index (κ2) is 5.95. The van der Waals surface area contributed by atoms with Crippen LogP contribution in [0.15, 0.2) is 36.7 Å². The molecule has 0 aliphatic rings. The van der Waals surface area contributed by atoms with Crippen LogP contribution in [0.4, 0.5) is 5.82 Å². The maximum Gasteiger partial charge on any atom is 0.262 e. The summed E-state index contributed by atoms with van der Waals surface area (Å²) in [6, 6.07) is 7.03. The predicted molar refractivity (Wildman–Crippen MR) is 72.3 cm³/mol. The summed E-state index contributed by atoms with van der Waals surface area (Å²) < 4.78 is 5.33. The molecule has 19 heavy (non-hydrogen) atoms. The first-order valence-electron chi connectivity index (χ1n) is 6.02. The Labute approximate surface area is 111 Å². The van der Waals surface area contributed by atoms with E-state index in [0.717, 1.165) is 5.56 Å². The number of pyridine rings is 2. The van der Waals surface area contributed by atoms with Gasteiger partial charge in [0.2, 0.25) is 5.88 Å². The number of hydrogen-bond acceptors (Lipinski definition) is 4. The van der Waals surface area contributed by atoms with E-state index in [-0.39, 0.29) is 5.91 Å². The van der Waals surface area contributed by atoms with Gasteiger partial charge in [0.1, 0.15) is 11.4 Å². The van der Waals surface area contributed by atoms with Crippen molar-refractivity contribution < 1.29 is 9.53 Å². The third kappa shape index (κ3) is 3.28. The lowest BCUT2D eigenvalue weighted by Crippen LogP contribution is -2.15. The van der Waals surface area contributed by atoms with Gasteiger partial charge in [-0.05, 0) is 43.7 Å². The van der Waals surface area contributed by atoms with Gasteiger partial charge in [-0.15, -0.1) is 0 Å². The number of nitrogens with zero attached hydrogens (tertiary/aromatic N) is 2. The molecule has 98 valence electrons. The monoisotopic (exact) mass is 257 g/mol. The van der Waals surface area contributed by atoms with Crippen LogP contribution in [0.3, 0.4) is 0 Å². The molecule has 0 aliphatic carbocycles. The van der Waals surface area contributed by atoms with E-state index in [4.69, 9.17) is 4.74 Å². The van der Waals surface area contributed by atoms with Gasteiger partial charge < -0.3 is 10.1 Å². The smallest absolute Gasteiger partial charge is 0.262 e. The van der Waals surface area contributed by atoms with Gasteiger partial charge in [0.25, 0.3) is 5.91 Å². The molecule has 0 fully saturated rings. The average Bonchev–Trinajstić information content (AvgIpc) is 2.39. The molecular formula is C14H15N3O2. The minimum Gasteiger partial charge on any atom is -0.477 e. The van der Waals surface area contributed by atoms with Crippen LogP contribution in [-0.2, 0) is 0 Å². The second-order valence-corrected chi connectivity index (χ2v) is 3.96. The lowest BCUT2D eigenvalue weighted by Gasteiger charge is -2.09. The van der Waals surface area contributed by atoms with Gasteiger partial charge in [0.15, 0.2) is 0 Å². The lowest BCUT2D eigenvalue weighted by molar-refractivity contribution is 0.102. The number of aryl methyl sites for hydroxylation is 1. The number of hydrogen-bond donors (Lipinski definition) is 1. The first kappa shape index (κ1) is 13.0. The molecule has 0 aliphatic heterocycles. The number of carbonyl (C=O) groups is 1. The summed E-state index contributed by atoms with van der Waals surface area (Å²) in [6.45, 7) is 4.24. The predicted octanol–water partition coefficient (Wildman–Crippen LogP) is 2.44. The van der Waals surface area contributed by atoms with Gasteiger partial charge in [-0.25, -0.2) is 9.97 Å². The Morgan fingerprint density at radius 2 is 2.16 bits per heavy atom. The Morgan fingerprint density at radius 3 is 2.89 bits per heavy atom. The molecule has 0 bridgehead atoms. The van der Waals surface area contributed by atoms with Crippen molar-refractivity contribution in [3.63, 3.8) is 0 Å². The largest absolute Gasteiger partial charge is 0.477 e. The zero-order valence-corrected chi connectivity index (χ0v) is 10.9. The number of ether oxygens (including phenoxy) is 1. The Balaban J connectivity index is 2.20. The summed E-state index contributed by atoms with van der Waals surface area (Å²) in [5, 5.41) is 2.73. The van der Waals surface area contributed by atoms with Crippen molar-refractivity contribution in [1.29, 1.82) is 0 Å². The summed E-state index contributed by atoms with van der Waals surface area (Å²) in [5.41, 5.74) is 1.43. The summed E-state index contributed by atoms with van der Waals surface area (Å²) in [6.07, 6.45) is 3.24. The van der Waals surface area contributed by atoms with Crippen molar-refractivity contribution in [2.24, 2.45) is 0 Å². The van der Waals surface area contributed by atoms with Crippen molar-refractivity contribution >= 4 is 11.7 Å². The number of aromatic nitrogens is 2. The molecule has 0 spiro atoms. The fourth-order valence-electron chi connectivity index (χ4n) is 1.60. The summed E-state index contributed by atoms with van der Waals surface area (Å²) >= 11 is 0. The maximum absolute atomic E-state index is 12.1. The zero-order valence-electron chi connectivity index (χ0n) is 10.9. The van der Waals surface area contributed by atoms with Crippen molar-refractivity contribution in [1.82, 2.24) is 9.97 Å². The van der Waals surface area contributed by atoms with Crippen LogP contribution in [0.5, 0.6) is 5.88 Å². The van der Waals surface area contributed by atoms with E-state index in [1.807, 2.05) is 19.9 Å². The van der Waals surface area contributed by atoms with E-state index in [1.165, 1.54) is 0 Å². The van der Waals surface area contributed by atoms with Gasteiger partial charge in [-0.3, -0.25) is 4.79 Å². The highest BCUT2D eigenvalue weighted by Gasteiger charge is 2.13. The zero-order chi connectivity index (χ0) is 13.7. The molecule has 0 aromatic carbocycles. The standard InChI is InChI=1S/C14H15N3O2/c1-3-19-14-11(5-4-7-16-14)13(18)17-12-9-10(2)6-8-15-12/h4-9H,3H2,1-2H3,(H,15,17,18). The number of nitrogens with one attached hydrogen (secondary N) is 1. The molecule has 0 saturated heterocycles. The minimum absolute atomic E-state index is 0.283. The molecule has 1 N–H and O–H groups in total. The number of amides is 1. The first-order valence-corrected chi connectivity index (χ1v) is 6.02. The third-order valence-corrected chi connectivity index (χ3v) is 2.45. The van der Waals surface area contributed by atoms with E-state index in [2.05, 4.69) is 15.3 Å². The van der Waals surface area contributed by atoms with Gasteiger partial charge in [-0.2, -0.15) is 0 Å². The van der Waals surface area contributed by atoms with Gasteiger partial charge >= 0.3 is 0 Å². The summed E-state index contributed by atoms with van der Waals surface area (Å²) in [7, 11) is 0. The molecule has 0 saturated carbocycles. The van der Waals surface area contributed by atoms with Crippen molar-refractivity contribution in [2.75, 3.05) is 11.9 Å². The fraction of sp³-hybridized carbons (Fsp3) is 0.214. The Morgan fingerprint density at radius 1 is 1.32 bits per heavy atom. The maximum atomic E-state index is 12.1. The first-order chi connectivity index (χ1) is 9.20. The molecule has 2 aromatic heterocycles. The highest BCUT2D eigenvalue weighted by Crippen LogP contribution is 2.16. The molecule has 0 radical (unpaired) electrons. The molecule has 5 heteroatoms. The van der Waals surface area contributed by atoms with E-state index in [9.17, 15) is 4.79 Å². The normalized spacial score (nSPS) is 10.0. The molecule has 5 nitrogen and oxygen atoms in total. The molecule has 2 rings (SSSR count). The molecule has 0 unspecified atom stereocenters. The van der Waals surface area contributed by atoms with Crippen LogP contribution in [0.1, 0.15) is 22.8 Å². The van der Waals surface area contributed by atoms with Crippen LogP contribution in [0, 0.1) is 6.92 Å². The number of anilines is 1. The van der Waals surface area contributed by atoms with Crippen molar-refractivity contribution in [3.8, 4) is 5.88 Å². The highest BCUT2D eigenvalue weighted by molar-refractivity contribution is 6.05. The lowest BCUT2D eigenvalue weighted by atomic mass is 10.2. The Kier molecular flexibility index (Phi) is 4.07. The summed E-state index contributed by atoms with van der Waals surface area (Å²) in [5.74, 6) is 0.557. The van der Waals surface area contributed by atoms with Crippen LogP contribution >= 0.6 is 0 Å². The van der Waals surface area contributed by atoms with Crippen LogP contribution < -0.4 is 10.1 Å². The summed E-state index contributed by atoms with van der Waals surface area (Å²) in [4.78, 5) is 20.3. The number of carbonyl (C=O) groups excluding carboxylic acids is 1. The molecule has 0 atom stereocenters. The van der Waals surface area contributed by atoms with Crippen molar-refractivity contribution in [3.05, 3.63) is 47.8 Å². The topological polar surface area (TPSA) is 64.1 Å². The van der Waals surface area contributed by atoms with E-state index < -0.39 is 0 Å². The Bertz CT molecular complexity index is 584. The van der Waals surface area contributed by atoms with Crippen LogP contribution in [-0.4, -0.2) is 22.5 Å². The van der Waals surface area contributed by atoms with E-state index in [0.29, 0.717) is 23.9 Å². The average molecular weight is 257 g/mol. The second-order valence-electron chi connectivity index (χ2n) is 3.96. The van der Waals surface area contributed by atoms with E-state index in [1.54, 1.807) is 30.6 Å². The molecular weight excluding hydrogens is 242 g/mol. The van der Waals surface area contributed by atoms with Gasteiger partial charge in [0, 0.05) is 12.4 Å². The van der Waals surface area contributed by atoms with E-state index >= 15 is 0 Å². The number of rotatable bonds is 4. The van der Waals surface area contributed by atoms with Crippen LogP contribution in [0.2, 0.25) is 0 Å². The van der Waals surface area contributed by atoms with Crippen LogP contribution in [0.25, 0.3) is 0 Å². The molecule has 2 heterocycles. The van der Waals surface area contributed by atoms with Crippen molar-refractivity contribution in [2.45, 2.75) is 13.8 Å². The SMILES string of the molecule is CCOc1ncccc1C(=O)Nc1cc(C)ccn1. The molecule has 1 amide bonds. The van der Waals surface area contributed by atoms with Gasteiger partial charge in [0.05, 0.1) is 6.61 Å². The minimum atomic E-state index is -0.283. The quantitative estimate of drug-likeness (QED) is 0.913.